The molecular weight excluding hydrogens is 320 g/mol. The van der Waals surface area contributed by atoms with Gasteiger partial charge in [0.05, 0.1) is 6.54 Å². The number of hydrogen-bond donors (Lipinski definition) is 1. The minimum absolute atomic E-state index is 0.0830. The summed E-state index contributed by atoms with van der Waals surface area (Å²) in [4.78, 5) is 12.0. The molecule has 0 amide bonds. The monoisotopic (exact) mass is 338 g/mol. The van der Waals surface area contributed by atoms with Gasteiger partial charge in [-0.3, -0.25) is 4.79 Å². The van der Waals surface area contributed by atoms with Crippen molar-refractivity contribution in [3.05, 3.63) is 60.2 Å². The molecule has 0 saturated carbocycles. The summed E-state index contributed by atoms with van der Waals surface area (Å²) < 4.78 is 5.80. The smallest absolute Gasteiger partial charge is 0.303 e. The minimum Gasteiger partial charge on any atom is -0.489 e. The maximum Gasteiger partial charge on any atom is 0.303 e. The number of nitrogens with zero attached hydrogens (tertiary/aromatic N) is 4. The maximum absolute atomic E-state index is 10.5. The molecule has 0 radical (unpaired) electrons. The summed E-state index contributed by atoms with van der Waals surface area (Å²) in [5.74, 6) is 0.382. The predicted molar refractivity (Wildman–Crippen MR) is 90.9 cm³/mol. The molecule has 2 aromatic carbocycles. The Balaban J connectivity index is 1.63. The molecule has 1 heterocycles. The van der Waals surface area contributed by atoms with Gasteiger partial charge in [-0.05, 0) is 29.3 Å². The summed E-state index contributed by atoms with van der Waals surface area (Å²) in [5.41, 5.74) is 1.89. The molecule has 0 aliphatic carbocycles. The highest BCUT2D eigenvalue weighted by atomic mass is 16.5. The van der Waals surface area contributed by atoms with Crippen molar-refractivity contribution in [2.24, 2.45) is 0 Å². The molecule has 25 heavy (non-hydrogen) atoms. The van der Waals surface area contributed by atoms with Crippen LogP contribution in [0.4, 0.5) is 0 Å². The van der Waals surface area contributed by atoms with E-state index >= 15 is 0 Å². The fourth-order valence-corrected chi connectivity index (χ4v) is 2.29. The first-order valence-electron chi connectivity index (χ1n) is 7.97. The highest BCUT2D eigenvalue weighted by Gasteiger charge is 2.08. The highest BCUT2D eigenvalue weighted by Crippen LogP contribution is 2.21. The topological polar surface area (TPSA) is 90.1 Å². The third-order valence-corrected chi connectivity index (χ3v) is 3.54. The average molecular weight is 338 g/mol. The van der Waals surface area contributed by atoms with Crippen molar-refractivity contribution in [1.82, 2.24) is 20.2 Å². The van der Waals surface area contributed by atoms with Gasteiger partial charge < -0.3 is 9.84 Å². The Labute approximate surface area is 144 Å². The number of tetrazole rings is 1. The largest absolute Gasteiger partial charge is 0.489 e. The Morgan fingerprint density at radius 1 is 1.12 bits per heavy atom. The molecule has 7 heteroatoms. The molecule has 3 aromatic rings. The number of carboxylic acid groups (broad SMARTS) is 1. The molecule has 7 nitrogen and oxygen atoms in total. The number of carbonyl (C=O) groups is 1. The Hall–Kier alpha value is -3.22. The summed E-state index contributed by atoms with van der Waals surface area (Å²) in [6, 6.07) is 17.4. The van der Waals surface area contributed by atoms with Gasteiger partial charge in [0.1, 0.15) is 12.4 Å². The van der Waals surface area contributed by atoms with Gasteiger partial charge in [-0.25, -0.2) is 0 Å². The summed E-state index contributed by atoms with van der Waals surface area (Å²) in [7, 11) is 0. The first-order valence-corrected chi connectivity index (χ1v) is 7.97. The first-order chi connectivity index (χ1) is 12.2. The van der Waals surface area contributed by atoms with E-state index in [1.54, 1.807) is 0 Å². The second-order valence-electron chi connectivity index (χ2n) is 5.51. The predicted octanol–water partition coefficient (Wildman–Crippen LogP) is 2.78. The van der Waals surface area contributed by atoms with Crippen LogP contribution in [0.2, 0.25) is 0 Å². The Morgan fingerprint density at radius 3 is 2.76 bits per heavy atom. The molecule has 0 atom stereocenters. The van der Waals surface area contributed by atoms with Crippen LogP contribution in [0.3, 0.4) is 0 Å². The van der Waals surface area contributed by atoms with Gasteiger partial charge in [-0.2, -0.15) is 4.80 Å². The Bertz CT molecular complexity index is 833. The number of carboxylic acids is 1. The van der Waals surface area contributed by atoms with Crippen LogP contribution in [0.1, 0.15) is 18.4 Å². The quantitative estimate of drug-likeness (QED) is 0.679. The fourth-order valence-electron chi connectivity index (χ4n) is 2.29. The van der Waals surface area contributed by atoms with Gasteiger partial charge in [0, 0.05) is 12.0 Å². The molecule has 3 rings (SSSR count). The van der Waals surface area contributed by atoms with Crippen LogP contribution in [0.15, 0.2) is 54.6 Å². The molecule has 0 bridgehead atoms. The lowest BCUT2D eigenvalue weighted by atomic mass is 10.2. The Kier molecular flexibility index (Phi) is 5.36. The number of rotatable bonds is 8. The van der Waals surface area contributed by atoms with E-state index in [2.05, 4.69) is 15.4 Å². The second kappa shape index (κ2) is 8.05. The summed E-state index contributed by atoms with van der Waals surface area (Å²) in [6.45, 7) is 0.906. The minimum atomic E-state index is -0.830. The lowest BCUT2D eigenvalue weighted by Crippen LogP contribution is -2.05. The van der Waals surface area contributed by atoms with Crippen molar-refractivity contribution >= 4 is 5.97 Å². The normalized spacial score (nSPS) is 10.6. The van der Waals surface area contributed by atoms with E-state index in [4.69, 9.17) is 9.84 Å². The van der Waals surface area contributed by atoms with Gasteiger partial charge in [-0.1, -0.05) is 42.5 Å². The zero-order chi connectivity index (χ0) is 17.5. The summed E-state index contributed by atoms with van der Waals surface area (Å²) in [6.07, 6.45) is 0.547. The van der Waals surface area contributed by atoms with Gasteiger partial charge in [0.25, 0.3) is 0 Å². The second-order valence-corrected chi connectivity index (χ2v) is 5.51. The van der Waals surface area contributed by atoms with E-state index in [-0.39, 0.29) is 6.42 Å². The van der Waals surface area contributed by atoms with E-state index in [1.165, 1.54) is 4.80 Å². The molecule has 128 valence electrons. The third-order valence-electron chi connectivity index (χ3n) is 3.54. The van der Waals surface area contributed by atoms with Crippen LogP contribution in [0, 0.1) is 0 Å². The lowest BCUT2D eigenvalue weighted by Gasteiger charge is -2.07. The van der Waals surface area contributed by atoms with Gasteiger partial charge in [-0.15, -0.1) is 10.2 Å². The van der Waals surface area contributed by atoms with E-state index in [0.29, 0.717) is 25.4 Å². The molecular formula is C18H18N4O3. The average Bonchev–Trinajstić information content (AvgIpc) is 3.10. The van der Waals surface area contributed by atoms with Crippen LogP contribution < -0.4 is 4.74 Å². The van der Waals surface area contributed by atoms with Crippen LogP contribution in [-0.4, -0.2) is 31.3 Å². The summed E-state index contributed by atoms with van der Waals surface area (Å²) in [5, 5.41) is 20.9. The molecule has 0 fully saturated rings. The Morgan fingerprint density at radius 2 is 1.96 bits per heavy atom. The van der Waals surface area contributed by atoms with Crippen molar-refractivity contribution in [3.8, 4) is 17.1 Å². The van der Waals surface area contributed by atoms with Gasteiger partial charge in [0.15, 0.2) is 0 Å². The van der Waals surface area contributed by atoms with Crippen molar-refractivity contribution in [1.29, 1.82) is 0 Å². The zero-order valence-corrected chi connectivity index (χ0v) is 13.6. The van der Waals surface area contributed by atoms with Crippen LogP contribution >= 0.6 is 0 Å². The molecule has 0 aliphatic heterocycles. The fraction of sp³-hybridized carbons (Fsp3) is 0.222. The van der Waals surface area contributed by atoms with E-state index in [0.717, 1.165) is 16.9 Å². The van der Waals surface area contributed by atoms with Crippen molar-refractivity contribution < 1.29 is 14.6 Å². The molecule has 0 aliphatic rings. The van der Waals surface area contributed by atoms with Crippen LogP contribution in [-0.2, 0) is 17.9 Å². The van der Waals surface area contributed by atoms with Crippen molar-refractivity contribution in [3.63, 3.8) is 0 Å². The van der Waals surface area contributed by atoms with Crippen molar-refractivity contribution in [2.75, 3.05) is 0 Å². The molecule has 0 saturated heterocycles. The van der Waals surface area contributed by atoms with Crippen LogP contribution in [0.25, 0.3) is 11.4 Å². The van der Waals surface area contributed by atoms with E-state index in [1.807, 2.05) is 54.6 Å². The molecule has 0 unspecified atom stereocenters. The van der Waals surface area contributed by atoms with Gasteiger partial charge >= 0.3 is 5.97 Å². The molecule has 1 aromatic heterocycles. The molecule has 0 spiro atoms. The van der Waals surface area contributed by atoms with Crippen LogP contribution in [0.5, 0.6) is 5.75 Å². The molecule has 1 N–H and O–H groups in total. The number of ether oxygens (including phenoxy) is 1. The third kappa shape index (κ3) is 4.87. The number of aliphatic carboxylic acids is 1. The van der Waals surface area contributed by atoms with E-state index < -0.39 is 5.97 Å². The maximum atomic E-state index is 10.5. The number of aryl methyl sites for hydroxylation is 1. The lowest BCUT2D eigenvalue weighted by molar-refractivity contribution is -0.137. The van der Waals surface area contributed by atoms with Gasteiger partial charge in [0.2, 0.25) is 5.82 Å². The standard InChI is InChI=1S/C18H18N4O3/c23-17(24)10-5-11-22-20-18(19-21-22)15-8-4-9-16(12-15)25-13-14-6-2-1-3-7-14/h1-4,6-9,12H,5,10-11,13H2,(H,23,24). The number of hydrogen-bond acceptors (Lipinski definition) is 5. The first kappa shape index (κ1) is 16.6. The number of benzene rings is 2. The zero-order valence-electron chi connectivity index (χ0n) is 13.6. The number of aromatic nitrogens is 4. The van der Waals surface area contributed by atoms with E-state index in [9.17, 15) is 4.79 Å². The van der Waals surface area contributed by atoms with Crippen molar-refractivity contribution in [2.45, 2.75) is 26.0 Å². The summed E-state index contributed by atoms with van der Waals surface area (Å²) >= 11 is 0. The highest BCUT2D eigenvalue weighted by molar-refractivity contribution is 5.66. The SMILES string of the molecule is O=C(O)CCCn1nnc(-c2cccc(OCc3ccccc3)c2)n1.